The zero-order valence-electron chi connectivity index (χ0n) is 27.5. The molecule has 2 N–H and O–H groups in total. The first-order chi connectivity index (χ1) is 20.4. The average Bonchev–Trinajstić information content (AvgIpc) is 2.95. The molecule has 0 saturated carbocycles. The highest BCUT2D eigenvalue weighted by molar-refractivity contribution is 5.98. The fourth-order valence-corrected chi connectivity index (χ4v) is 5.15. The van der Waals surface area contributed by atoms with E-state index >= 15 is 0 Å². The third kappa shape index (κ3) is 12.0. The molecule has 0 heterocycles. The Labute approximate surface area is 259 Å². The van der Waals surface area contributed by atoms with Crippen LogP contribution in [0.3, 0.4) is 0 Å². The topological polar surface area (TPSA) is 95.9 Å². The summed E-state index contributed by atoms with van der Waals surface area (Å²) in [5.41, 5.74) is 2.11. The van der Waals surface area contributed by atoms with E-state index in [0.29, 0.717) is 35.7 Å². The number of hydrogen-bond donors (Lipinski definition) is 2. The van der Waals surface area contributed by atoms with E-state index < -0.39 is 17.3 Å². The molecule has 2 aromatic carbocycles. The van der Waals surface area contributed by atoms with Gasteiger partial charge in [0.1, 0.15) is 5.75 Å². The van der Waals surface area contributed by atoms with Gasteiger partial charge in [0.2, 0.25) is 11.8 Å². The molecule has 0 saturated heterocycles. The molecule has 0 bridgehead atoms. The lowest BCUT2D eigenvalue weighted by Gasteiger charge is -2.32. The number of nitrogens with one attached hydrogen (secondary N) is 1. The number of nitrogens with zero attached hydrogens (tertiary/aromatic N) is 1. The van der Waals surface area contributed by atoms with Crippen LogP contribution in [-0.2, 0) is 20.8 Å². The van der Waals surface area contributed by atoms with Crippen molar-refractivity contribution in [3.63, 3.8) is 0 Å². The fraction of sp³-hybridized carbons (Fsp3) is 0.583. The standard InChI is InChI=1S/C36H54N2O5/c1-8-9-10-11-12-13-14-15-16-33(39)37-29-20-17-27(18-21-29)23-30(34(40)41)28-19-22-32(43-7)31(24-28)38(25-26(2)3)35(42)36(4,5)6/h17-22,24,26,30H,8-16,23,25H2,1-7H3,(H,37,39)(H,40,41). The van der Waals surface area contributed by atoms with Crippen LogP contribution >= 0.6 is 0 Å². The number of benzene rings is 2. The molecule has 0 aliphatic heterocycles. The zero-order chi connectivity index (χ0) is 32.0. The lowest BCUT2D eigenvalue weighted by atomic mass is 9.90. The Morgan fingerprint density at radius 2 is 1.51 bits per heavy atom. The minimum absolute atomic E-state index is 0.00339. The molecule has 7 heteroatoms. The largest absolute Gasteiger partial charge is 0.495 e. The SMILES string of the molecule is CCCCCCCCCCC(=O)Nc1ccc(CC(C(=O)O)c2ccc(OC)c(N(CC(C)C)C(=O)C(C)(C)C)c2)cc1. The highest BCUT2D eigenvalue weighted by Gasteiger charge is 2.31. The van der Waals surface area contributed by atoms with Crippen LogP contribution < -0.4 is 15.0 Å². The van der Waals surface area contributed by atoms with Crippen molar-refractivity contribution in [3.8, 4) is 5.75 Å². The van der Waals surface area contributed by atoms with Gasteiger partial charge in [-0.25, -0.2) is 0 Å². The smallest absolute Gasteiger partial charge is 0.311 e. The van der Waals surface area contributed by atoms with Crippen molar-refractivity contribution >= 4 is 29.2 Å². The molecule has 2 aromatic rings. The van der Waals surface area contributed by atoms with Crippen LogP contribution in [-0.4, -0.2) is 36.5 Å². The van der Waals surface area contributed by atoms with Gasteiger partial charge in [-0.15, -0.1) is 0 Å². The number of anilines is 2. The van der Waals surface area contributed by atoms with E-state index in [4.69, 9.17) is 4.74 Å². The Balaban J connectivity index is 2.11. The predicted molar refractivity (Wildman–Crippen MR) is 176 cm³/mol. The monoisotopic (exact) mass is 594 g/mol. The number of ether oxygens (including phenoxy) is 1. The van der Waals surface area contributed by atoms with Crippen molar-refractivity contribution in [2.45, 2.75) is 112 Å². The van der Waals surface area contributed by atoms with E-state index in [1.54, 1.807) is 30.2 Å². The summed E-state index contributed by atoms with van der Waals surface area (Å²) in [7, 11) is 1.55. The van der Waals surface area contributed by atoms with Crippen molar-refractivity contribution in [2.24, 2.45) is 11.3 Å². The van der Waals surface area contributed by atoms with Gasteiger partial charge in [-0.3, -0.25) is 14.4 Å². The maximum Gasteiger partial charge on any atom is 0.311 e. The number of hydrogen-bond acceptors (Lipinski definition) is 4. The quantitative estimate of drug-likeness (QED) is 0.168. The Morgan fingerprint density at radius 3 is 2.05 bits per heavy atom. The molecular weight excluding hydrogens is 540 g/mol. The highest BCUT2D eigenvalue weighted by atomic mass is 16.5. The molecule has 0 spiro atoms. The molecule has 0 aliphatic carbocycles. The molecule has 7 nitrogen and oxygen atoms in total. The van der Waals surface area contributed by atoms with Gasteiger partial charge < -0.3 is 20.1 Å². The second-order valence-corrected chi connectivity index (χ2v) is 13.1. The van der Waals surface area contributed by atoms with Crippen LogP contribution in [0.2, 0.25) is 0 Å². The van der Waals surface area contributed by atoms with Crippen LogP contribution in [0.5, 0.6) is 5.75 Å². The maximum atomic E-state index is 13.4. The molecule has 0 aromatic heterocycles. The van der Waals surface area contributed by atoms with E-state index in [0.717, 1.165) is 18.4 Å². The number of carboxylic acids is 1. The Bertz CT molecular complexity index is 1170. The van der Waals surface area contributed by atoms with Gasteiger partial charge in [0.15, 0.2) is 0 Å². The summed E-state index contributed by atoms with van der Waals surface area (Å²) < 4.78 is 5.61. The predicted octanol–water partition coefficient (Wildman–Crippen LogP) is 8.61. The summed E-state index contributed by atoms with van der Waals surface area (Å²) in [4.78, 5) is 40.0. The Kier molecular flexibility index (Phi) is 14.7. The number of carboxylic acid groups (broad SMARTS) is 1. The van der Waals surface area contributed by atoms with E-state index in [1.165, 1.54) is 38.5 Å². The van der Waals surface area contributed by atoms with Crippen molar-refractivity contribution < 1.29 is 24.2 Å². The van der Waals surface area contributed by atoms with E-state index in [9.17, 15) is 19.5 Å². The molecule has 0 fully saturated rings. The zero-order valence-corrected chi connectivity index (χ0v) is 27.5. The third-order valence-electron chi connectivity index (χ3n) is 7.56. The van der Waals surface area contributed by atoms with Crippen molar-refractivity contribution in [1.82, 2.24) is 0 Å². The number of amides is 2. The normalized spacial score (nSPS) is 12.2. The Morgan fingerprint density at radius 1 is 0.907 bits per heavy atom. The molecular formula is C36H54N2O5. The minimum atomic E-state index is -0.948. The number of aliphatic carboxylic acids is 1. The van der Waals surface area contributed by atoms with Crippen LogP contribution in [0.15, 0.2) is 42.5 Å². The van der Waals surface area contributed by atoms with Gasteiger partial charge in [0.05, 0.1) is 18.7 Å². The first-order valence-corrected chi connectivity index (χ1v) is 16.0. The van der Waals surface area contributed by atoms with E-state index in [-0.39, 0.29) is 24.2 Å². The molecule has 0 radical (unpaired) electrons. The van der Waals surface area contributed by atoms with Crippen LogP contribution in [0.4, 0.5) is 11.4 Å². The second-order valence-electron chi connectivity index (χ2n) is 13.1. The summed E-state index contributed by atoms with van der Waals surface area (Å²) in [5, 5.41) is 13.2. The van der Waals surface area contributed by atoms with Gasteiger partial charge in [-0.1, -0.05) is 105 Å². The summed E-state index contributed by atoms with van der Waals surface area (Å²) in [6.45, 7) is 12.4. The van der Waals surface area contributed by atoms with E-state index in [1.807, 2.05) is 58.9 Å². The van der Waals surface area contributed by atoms with Crippen LogP contribution in [0.1, 0.15) is 116 Å². The molecule has 43 heavy (non-hydrogen) atoms. The van der Waals surface area contributed by atoms with Gasteiger partial charge in [0, 0.05) is 24.1 Å². The third-order valence-corrected chi connectivity index (χ3v) is 7.56. The summed E-state index contributed by atoms with van der Waals surface area (Å²) in [5.74, 6) is -1.09. The van der Waals surface area contributed by atoms with Crippen molar-refractivity contribution in [3.05, 3.63) is 53.6 Å². The van der Waals surface area contributed by atoms with Gasteiger partial charge in [-0.2, -0.15) is 0 Å². The fourth-order valence-electron chi connectivity index (χ4n) is 5.15. The Hall–Kier alpha value is -3.35. The molecule has 1 atom stereocenters. The summed E-state index contributed by atoms with van der Waals surface area (Å²) >= 11 is 0. The number of carbonyl (C=O) groups excluding carboxylic acids is 2. The van der Waals surface area contributed by atoms with Crippen LogP contribution in [0, 0.1) is 11.3 Å². The van der Waals surface area contributed by atoms with Gasteiger partial charge in [0.25, 0.3) is 0 Å². The first kappa shape index (κ1) is 35.8. The van der Waals surface area contributed by atoms with Crippen molar-refractivity contribution in [1.29, 1.82) is 0 Å². The van der Waals surface area contributed by atoms with Crippen molar-refractivity contribution in [2.75, 3.05) is 23.9 Å². The van der Waals surface area contributed by atoms with Gasteiger partial charge in [-0.05, 0) is 54.2 Å². The lowest BCUT2D eigenvalue weighted by molar-refractivity contribution is -0.138. The number of rotatable bonds is 18. The average molecular weight is 595 g/mol. The molecule has 2 rings (SSSR count). The first-order valence-electron chi connectivity index (χ1n) is 16.0. The maximum absolute atomic E-state index is 13.4. The van der Waals surface area contributed by atoms with Gasteiger partial charge >= 0.3 is 5.97 Å². The summed E-state index contributed by atoms with van der Waals surface area (Å²) in [6, 6.07) is 12.7. The number of methoxy groups -OCH3 is 1. The minimum Gasteiger partial charge on any atom is -0.495 e. The number of carbonyl (C=O) groups is 3. The molecule has 238 valence electrons. The number of unbranched alkanes of at least 4 members (excludes halogenated alkanes) is 7. The summed E-state index contributed by atoms with van der Waals surface area (Å²) in [6.07, 6.45) is 10.3. The lowest BCUT2D eigenvalue weighted by Crippen LogP contribution is -2.42. The van der Waals surface area contributed by atoms with Crippen LogP contribution in [0.25, 0.3) is 0 Å². The van der Waals surface area contributed by atoms with E-state index in [2.05, 4.69) is 12.2 Å². The molecule has 0 aliphatic rings. The molecule has 2 amide bonds. The highest BCUT2D eigenvalue weighted by Crippen LogP contribution is 2.36. The second kappa shape index (κ2) is 17.7. The molecule has 1 unspecified atom stereocenters.